The SMILES string of the molecule is NC(=O)c1cccc(CNCC(O)c2cc(Cl)cc(Cl)c2)c1. The lowest BCUT2D eigenvalue weighted by atomic mass is 10.1. The summed E-state index contributed by atoms with van der Waals surface area (Å²) in [5, 5.41) is 14.2. The molecule has 0 spiro atoms. The van der Waals surface area contributed by atoms with Crippen LogP contribution >= 0.6 is 23.2 Å². The van der Waals surface area contributed by atoms with E-state index < -0.39 is 12.0 Å². The van der Waals surface area contributed by atoms with Crippen LogP contribution in [0, 0.1) is 0 Å². The summed E-state index contributed by atoms with van der Waals surface area (Å²) in [6.45, 7) is 0.837. The lowest BCUT2D eigenvalue weighted by Crippen LogP contribution is -2.21. The molecule has 0 bridgehead atoms. The van der Waals surface area contributed by atoms with Gasteiger partial charge in [-0.25, -0.2) is 0 Å². The van der Waals surface area contributed by atoms with Crippen LogP contribution in [0.5, 0.6) is 0 Å². The van der Waals surface area contributed by atoms with E-state index in [2.05, 4.69) is 5.32 Å². The van der Waals surface area contributed by atoms with Crippen molar-refractivity contribution < 1.29 is 9.90 Å². The number of hydrogen-bond acceptors (Lipinski definition) is 3. The number of carbonyl (C=O) groups excluding carboxylic acids is 1. The molecule has 4 nitrogen and oxygen atoms in total. The van der Waals surface area contributed by atoms with Crippen molar-refractivity contribution in [3.63, 3.8) is 0 Å². The van der Waals surface area contributed by atoms with Crippen LogP contribution in [-0.4, -0.2) is 17.6 Å². The first-order valence-corrected chi connectivity index (χ1v) is 7.45. The van der Waals surface area contributed by atoms with Crippen LogP contribution in [0.15, 0.2) is 42.5 Å². The third-order valence-corrected chi connectivity index (χ3v) is 3.58. The molecule has 0 fully saturated rings. The van der Waals surface area contributed by atoms with Gasteiger partial charge in [-0.2, -0.15) is 0 Å². The highest BCUT2D eigenvalue weighted by Crippen LogP contribution is 2.23. The third kappa shape index (κ3) is 4.71. The smallest absolute Gasteiger partial charge is 0.248 e. The van der Waals surface area contributed by atoms with Crippen LogP contribution in [0.4, 0.5) is 0 Å². The Labute approximate surface area is 138 Å². The highest BCUT2D eigenvalue weighted by Gasteiger charge is 2.09. The predicted molar refractivity (Wildman–Crippen MR) is 88.1 cm³/mol. The van der Waals surface area contributed by atoms with Crippen molar-refractivity contribution in [3.05, 3.63) is 69.2 Å². The first-order chi connectivity index (χ1) is 10.5. The fourth-order valence-corrected chi connectivity index (χ4v) is 2.62. The second kappa shape index (κ2) is 7.61. The van der Waals surface area contributed by atoms with E-state index in [1.54, 1.807) is 36.4 Å². The summed E-state index contributed by atoms with van der Waals surface area (Å²) < 4.78 is 0. The summed E-state index contributed by atoms with van der Waals surface area (Å²) in [4.78, 5) is 11.1. The molecule has 0 saturated heterocycles. The maximum Gasteiger partial charge on any atom is 0.248 e. The Bertz CT molecular complexity index is 657. The zero-order valence-corrected chi connectivity index (χ0v) is 13.2. The second-order valence-electron chi connectivity index (χ2n) is 4.91. The number of nitrogens with two attached hydrogens (primary N) is 1. The highest BCUT2D eigenvalue weighted by atomic mass is 35.5. The quantitative estimate of drug-likeness (QED) is 0.757. The van der Waals surface area contributed by atoms with Gasteiger partial charge in [-0.1, -0.05) is 35.3 Å². The van der Waals surface area contributed by atoms with Gasteiger partial charge < -0.3 is 16.2 Å². The molecule has 0 aromatic heterocycles. The van der Waals surface area contributed by atoms with E-state index in [-0.39, 0.29) is 0 Å². The molecule has 1 unspecified atom stereocenters. The van der Waals surface area contributed by atoms with Gasteiger partial charge in [0.1, 0.15) is 0 Å². The van der Waals surface area contributed by atoms with E-state index in [0.717, 1.165) is 5.56 Å². The number of hydrogen-bond donors (Lipinski definition) is 3. The van der Waals surface area contributed by atoms with E-state index in [1.165, 1.54) is 0 Å². The number of benzene rings is 2. The highest BCUT2D eigenvalue weighted by molar-refractivity contribution is 6.34. The standard InChI is InChI=1S/C16H16Cl2N2O2/c17-13-5-12(6-14(18)7-13)15(21)9-20-8-10-2-1-3-11(4-10)16(19)22/h1-7,15,20-21H,8-9H2,(H2,19,22). The lowest BCUT2D eigenvalue weighted by Gasteiger charge is -2.13. The summed E-state index contributed by atoms with van der Waals surface area (Å²) in [6, 6.07) is 12.0. The summed E-state index contributed by atoms with van der Waals surface area (Å²) in [5.41, 5.74) is 7.26. The molecule has 2 aromatic carbocycles. The topological polar surface area (TPSA) is 75.4 Å². The number of primary amides is 1. The Kier molecular flexibility index (Phi) is 5.80. The zero-order valence-electron chi connectivity index (χ0n) is 11.7. The summed E-state index contributed by atoms with van der Waals surface area (Å²) in [5.74, 6) is -0.463. The summed E-state index contributed by atoms with van der Waals surface area (Å²) >= 11 is 11.8. The monoisotopic (exact) mass is 338 g/mol. The van der Waals surface area contributed by atoms with Crippen LogP contribution in [0.1, 0.15) is 27.6 Å². The van der Waals surface area contributed by atoms with Crippen molar-refractivity contribution >= 4 is 29.1 Å². The van der Waals surface area contributed by atoms with Crippen LogP contribution in [0.25, 0.3) is 0 Å². The van der Waals surface area contributed by atoms with Crippen molar-refractivity contribution in [1.82, 2.24) is 5.32 Å². The molecule has 0 radical (unpaired) electrons. The molecule has 0 aliphatic rings. The molecule has 0 heterocycles. The van der Waals surface area contributed by atoms with Gasteiger partial charge in [0.25, 0.3) is 0 Å². The minimum Gasteiger partial charge on any atom is -0.387 e. The van der Waals surface area contributed by atoms with Crippen molar-refractivity contribution in [2.24, 2.45) is 5.73 Å². The molecule has 6 heteroatoms. The first-order valence-electron chi connectivity index (χ1n) is 6.69. The lowest BCUT2D eigenvalue weighted by molar-refractivity contribution is 0.1000. The fraction of sp³-hybridized carbons (Fsp3) is 0.188. The molecule has 0 aliphatic carbocycles. The van der Waals surface area contributed by atoms with Gasteiger partial charge >= 0.3 is 0 Å². The number of nitrogens with one attached hydrogen (secondary N) is 1. The average Bonchev–Trinajstić information content (AvgIpc) is 2.46. The van der Waals surface area contributed by atoms with E-state index >= 15 is 0 Å². The zero-order chi connectivity index (χ0) is 16.1. The van der Waals surface area contributed by atoms with Crippen LogP contribution in [0.3, 0.4) is 0 Å². The first kappa shape index (κ1) is 16.8. The van der Waals surface area contributed by atoms with E-state index in [4.69, 9.17) is 28.9 Å². The number of amides is 1. The molecule has 4 N–H and O–H groups in total. The normalized spacial score (nSPS) is 12.1. The van der Waals surface area contributed by atoms with Gasteiger partial charge in [0.2, 0.25) is 5.91 Å². The van der Waals surface area contributed by atoms with Gasteiger partial charge in [0.15, 0.2) is 0 Å². The Morgan fingerprint density at radius 2 is 1.86 bits per heavy atom. The molecule has 0 aliphatic heterocycles. The van der Waals surface area contributed by atoms with Gasteiger partial charge in [-0.15, -0.1) is 0 Å². The van der Waals surface area contributed by atoms with Crippen molar-refractivity contribution in [1.29, 1.82) is 0 Å². The summed E-state index contributed by atoms with van der Waals surface area (Å²) in [6.07, 6.45) is -0.726. The van der Waals surface area contributed by atoms with Crippen LogP contribution in [-0.2, 0) is 6.54 Å². The van der Waals surface area contributed by atoms with Gasteiger partial charge in [0.05, 0.1) is 6.10 Å². The maximum atomic E-state index is 11.1. The van der Waals surface area contributed by atoms with E-state index in [1.807, 2.05) is 6.07 Å². The minimum absolute atomic E-state index is 0.331. The van der Waals surface area contributed by atoms with Crippen molar-refractivity contribution in [2.75, 3.05) is 6.54 Å². The molecule has 0 saturated carbocycles. The van der Waals surface area contributed by atoms with Crippen molar-refractivity contribution in [2.45, 2.75) is 12.6 Å². The number of rotatable bonds is 6. The number of aliphatic hydroxyl groups excluding tert-OH is 1. The van der Waals surface area contributed by atoms with E-state index in [0.29, 0.717) is 34.3 Å². The third-order valence-electron chi connectivity index (χ3n) is 3.15. The largest absolute Gasteiger partial charge is 0.387 e. The molecule has 22 heavy (non-hydrogen) atoms. The maximum absolute atomic E-state index is 11.1. The van der Waals surface area contributed by atoms with Gasteiger partial charge in [-0.05, 0) is 41.5 Å². The van der Waals surface area contributed by atoms with Gasteiger partial charge in [0, 0.05) is 28.7 Å². The Morgan fingerprint density at radius 3 is 2.50 bits per heavy atom. The number of carbonyl (C=O) groups is 1. The molecule has 2 rings (SSSR count). The molecular formula is C16H16Cl2N2O2. The number of halogens is 2. The summed E-state index contributed by atoms with van der Waals surface area (Å²) in [7, 11) is 0. The second-order valence-corrected chi connectivity index (χ2v) is 5.79. The fourth-order valence-electron chi connectivity index (χ4n) is 2.07. The molecule has 2 aromatic rings. The Hall–Kier alpha value is -1.59. The van der Waals surface area contributed by atoms with Crippen molar-refractivity contribution in [3.8, 4) is 0 Å². The number of aliphatic hydroxyl groups is 1. The molecule has 1 atom stereocenters. The predicted octanol–water partition coefficient (Wildman–Crippen LogP) is 2.92. The van der Waals surface area contributed by atoms with E-state index in [9.17, 15) is 9.90 Å². The molecular weight excluding hydrogens is 323 g/mol. The van der Waals surface area contributed by atoms with Crippen LogP contribution < -0.4 is 11.1 Å². The van der Waals surface area contributed by atoms with Crippen LogP contribution in [0.2, 0.25) is 10.0 Å². The Morgan fingerprint density at radius 1 is 1.18 bits per heavy atom. The molecule has 116 valence electrons. The minimum atomic E-state index is -0.726. The molecule has 1 amide bonds. The average molecular weight is 339 g/mol. The van der Waals surface area contributed by atoms with Gasteiger partial charge in [-0.3, -0.25) is 4.79 Å². The Balaban J connectivity index is 1.93.